The molecule has 0 bridgehead atoms. The van der Waals surface area contributed by atoms with Gasteiger partial charge in [0.1, 0.15) is 6.04 Å². The van der Waals surface area contributed by atoms with Gasteiger partial charge >= 0.3 is 6.18 Å². The number of aryl methyl sites for hydroxylation is 1. The van der Waals surface area contributed by atoms with Gasteiger partial charge in [-0.2, -0.15) is 13.2 Å². The molecular formula is C17H24F3N3O. The van der Waals surface area contributed by atoms with Crippen LogP contribution in [0.2, 0.25) is 0 Å². The van der Waals surface area contributed by atoms with Gasteiger partial charge in [-0.15, -0.1) is 0 Å². The third-order valence-corrected chi connectivity index (χ3v) is 4.70. The quantitative estimate of drug-likeness (QED) is 0.913. The van der Waals surface area contributed by atoms with E-state index in [1.54, 1.807) is 6.92 Å². The van der Waals surface area contributed by atoms with E-state index in [2.05, 4.69) is 5.32 Å². The molecule has 1 aromatic carbocycles. The second-order valence-corrected chi connectivity index (χ2v) is 6.27. The van der Waals surface area contributed by atoms with Crippen molar-refractivity contribution < 1.29 is 18.0 Å². The van der Waals surface area contributed by atoms with E-state index in [0.29, 0.717) is 26.2 Å². The molecule has 134 valence electrons. The monoisotopic (exact) mass is 343 g/mol. The first kappa shape index (κ1) is 18.7. The number of alkyl halides is 3. The Morgan fingerprint density at radius 2 is 1.62 bits per heavy atom. The Morgan fingerprint density at radius 1 is 1.08 bits per heavy atom. The molecule has 0 aromatic heterocycles. The Morgan fingerprint density at radius 3 is 2.17 bits per heavy atom. The zero-order valence-corrected chi connectivity index (χ0v) is 14.2. The highest BCUT2D eigenvalue weighted by Gasteiger charge is 2.41. The Kier molecular flexibility index (Phi) is 5.87. The van der Waals surface area contributed by atoms with Crippen molar-refractivity contribution in [2.75, 3.05) is 31.5 Å². The number of anilines is 1. The summed E-state index contributed by atoms with van der Waals surface area (Å²) in [6, 6.07) is 5.67. The highest BCUT2D eigenvalue weighted by molar-refractivity contribution is 5.95. The van der Waals surface area contributed by atoms with Crippen molar-refractivity contribution in [2.24, 2.45) is 0 Å². The van der Waals surface area contributed by atoms with Crippen LogP contribution in [0.15, 0.2) is 24.3 Å². The van der Waals surface area contributed by atoms with Gasteiger partial charge in [0.15, 0.2) is 0 Å². The van der Waals surface area contributed by atoms with Crippen LogP contribution >= 0.6 is 0 Å². The lowest BCUT2D eigenvalue weighted by Crippen LogP contribution is -2.56. The second-order valence-electron chi connectivity index (χ2n) is 6.27. The number of hydrogen-bond acceptors (Lipinski definition) is 3. The van der Waals surface area contributed by atoms with Crippen molar-refractivity contribution in [2.45, 2.75) is 39.0 Å². The van der Waals surface area contributed by atoms with E-state index in [-0.39, 0.29) is 11.9 Å². The summed E-state index contributed by atoms with van der Waals surface area (Å²) >= 11 is 0. The Bertz CT molecular complexity index is 568. The summed E-state index contributed by atoms with van der Waals surface area (Å²) in [5.41, 5.74) is 1.74. The molecule has 1 fully saturated rings. The van der Waals surface area contributed by atoms with Crippen LogP contribution in [0.5, 0.6) is 0 Å². The average molecular weight is 343 g/mol. The molecule has 1 N–H and O–H groups in total. The molecule has 1 aliphatic rings. The second kappa shape index (κ2) is 7.53. The van der Waals surface area contributed by atoms with Gasteiger partial charge in [0.05, 0.1) is 6.04 Å². The molecule has 1 amide bonds. The number of nitrogens with one attached hydrogen (secondary N) is 1. The minimum absolute atomic E-state index is 0.137. The van der Waals surface area contributed by atoms with Crippen molar-refractivity contribution in [3.05, 3.63) is 29.8 Å². The predicted molar refractivity (Wildman–Crippen MR) is 87.9 cm³/mol. The van der Waals surface area contributed by atoms with Crippen LogP contribution in [-0.2, 0) is 4.79 Å². The smallest absolute Gasteiger partial charge is 0.324 e. The summed E-state index contributed by atoms with van der Waals surface area (Å²) in [5.74, 6) is -0.137. The number of hydrogen-bond donors (Lipinski definition) is 1. The van der Waals surface area contributed by atoms with E-state index in [9.17, 15) is 18.0 Å². The van der Waals surface area contributed by atoms with Gasteiger partial charge in [-0.25, -0.2) is 0 Å². The lowest BCUT2D eigenvalue weighted by Gasteiger charge is -2.40. The molecule has 0 unspecified atom stereocenters. The Balaban J connectivity index is 1.89. The van der Waals surface area contributed by atoms with E-state index in [1.807, 2.05) is 36.1 Å². The van der Waals surface area contributed by atoms with Crippen LogP contribution in [0.3, 0.4) is 0 Å². The van der Waals surface area contributed by atoms with Gasteiger partial charge < -0.3 is 5.32 Å². The fraction of sp³-hybridized carbons (Fsp3) is 0.588. The zero-order valence-electron chi connectivity index (χ0n) is 14.2. The standard InChI is InChI=1S/C17H24F3N3O/c1-12-6-4-5-7-15(12)21-16(24)13(2)22-8-10-23(11-9-22)14(3)17(18,19)20/h4-7,13-14H,8-11H2,1-3H3,(H,21,24)/t13-,14+/m0/s1. The normalized spacial score (nSPS) is 19.8. The minimum Gasteiger partial charge on any atom is -0.324 e. The molecule has 1 saturated heterocycles. The fourth-order valence-corrected chi connectivity index (χ4v) is 2.84. The molecule has 0 aliphatic carbocycles. The molecule has 4 nitrogen and oxygen atoms in total. The average Bonchev–Trinajstić information content (AvgIpc) is 2.55. The molecule has 0 radical (unpaired) electrons. The van der Waals surface area contributed by atoms with Crippen molar-refractivity contribution in [3.8, 4) is 0 Å². The maximum atomic E-state index is 12.8. The number of amides is 1. The van der Waals surface area contributed by atoms with Gasteiger partial charge in [0, 0.05) is 31.9 Å². The maximum absolute atomic E-state index is 12.8. The minimum atomic E-state index is -4.21. The number of nitrogens with zero attached hydrogens (tertiary/aromatic N) is 2. The van der Waals surface area contributed by atoms with Crippen molar-refractivity contribution in [3.63, 3.8) is 0 Å². The largest absolute Gasteiger partial charge is 0.403 e. The highest BCUT2D eigenvalue weighted by atomic mass is 19.4. The predicted octanol–water partition coefficient (Wildman–Crippen LogP) is 2.89. The fourth-order valence-electron chi connectivity index (χ4n) is 2.84. The molecule has 1 aromatic rings. The van der Waals surface area contributed by atoms with E-state index in [0.717, 1.165) is 11.3 Å². The molecule has 0 saturated carbocycles. The van der Waals surface area contributed by atoms with Crippen LogP contribution < -0.4 is 5.32 Å². The Labute approximate surface area is 140 Å². The van der Waals surface area contributed by atoms with Crippen LogP contribution in [0.4, 0.5) is 18.9 Å². The number of carbonyl (C=O) groups is 1. The van der Waals surface area contributed by atoms with Crippen molar-refractivity contribution >= 4 is 11.6 Å². The number of para-hydroxylation sites is 1. The lowest BCUT2D eigenvalue weighted by atomic mass is 10.1. The number of piperazine rings is 1. The molecule has 2 rings (SSSR count). The van der Waals surface area contributed by atoms with Gasteiger partial charge in [-0.3, -0.25) is 14.6 Å². The molecule has 7 heteroatoms. The van der Waals surface area contributed by atoms with E-state index >= 15 is 0 Å². The van der Waals surface area contributed by atoms with E-state index in [1.165, 1.54) is 11.8 Å². The summed E-state index contributed by atoms with van der Waals surface area (Å²) in [6.45, 7) is 6.40. The molecule has 0 spiro atoms. The first-order chi connectivity index (χ1) is 11.2. The van der Waals surface area contributed by atoms with Gasteiger partial charge in [0.25, 0.3) is 0 Å². The highest BCUT2D eigenvalue weighted by Crippen LogP contribution is 2.25. The third-order valence-electron chi connectivity index (χ3n) is 4.70. The summed E-state index contributed by atoms with van der Waals surface area (Å²) in [6.07, 6.45) is -4.21. The first-order valence-electron chi connectivity index (χ1n) is 8.11. The lowest BCUT2D eigenvalue weighted by molar-refractivity contribution is -0.183. The van der Waals surface area contributed by atoms with Gasteiger partial charge in [-0.1, -0.05) is 18.2 Å². The van der Waals surface area contributed by atoms with Crippen molar-refractivity contribution in [1.82, 2.24) is 9.80 Å². The number of carbonyl (C=O) groups excluding carboxylic acids is 1. The van der Waals surface area contributed by atoms with Gasteiger partial charge in [0.2, 0.25) is 5.91 Å². The topological polar surface area (TPSA) is 35.6 Å². The third kappa shape index (κ3) is 4.48. The first-order valence-corrected chi connectivity index (χ1v) is 8.11. The van der Waals surface area contributed by atoms with Crippen LogP contribution in [0.25, 0.3) is 0 Å². The Hall–Kier alpha value is -1.60. The number of benzene rings is 1. The molecule has 1 heterocycles. The molecule has 1 aliphatic heterocycles. The molecule has 2 atom stereocenters. The summed E-state index contributed by atoms with van der Waals surface area (Å²) in [4.78, 5) is 15.7. The van der Waals surface area contributed by atoms with Crippen LogP contribution in [0.1, 0.15) is 19.4 Å². The van der Waals surface area contributed by atoms with Crippen molar-refractivity contribution in [1.29, 1.82) is 0 Å². The molecule has 24 heavy (non-hydrogen) atoms. The van der Waals surface area contributed by atoms with Crippen LogP contribution in [-0.4, -0.2) is 60.1 Å². The zero-order chi connectivity index (χ0) is 17.9. The number of rotatable bonds is 4. The van der Waals surface area contributed by atoms with E-state index in [4.69, 9.17) is 0 Å². The molecular weight excluding hydrogens is 319 g/mol. The summed E-state index contributed by atoms with van der Waals surface area (Å²) in [7, 11) is 0. The summed E-state index contributed by atoms with van der Waals surface area (Å²) in [5, 5.41) is 2.89. The van der Waals surface area contributed by atoms with Gasteiger partial charge in [-0.05, 0) is 32.4 Å². The SMILES string of the molecule is Cc1ccccc1NC(=O)[C@H](C)N1CCN([C@H](C)C(F)(F)F)CC1. The maximum Gasteiger partial charge on any atom is 0.403 e. The number of halogens is 3. The van der Waals surface area contributed by atoms with Crippen LogP contribution in [0, 0.1) is 6.92 Å². The summed E-state index contributed by atoms with van der Waals surface area (Å²) < 4.78 is 38.3. The van der Waals surface area contributed by atoms with E-state index < -0.39 is 12.2 Å².